The number of likely N-dealkylation sites (N-methyl/N-ethyl adjacent to an activating group) is 1. The molecule has 6 heteroatoms. The van der Waals surface area contributed by atoms with Crippen molar-refractivity contribution in [2.24, 2.45) is 0 Å². The summed E-state index contributed by atoms with van der Waals surface area (Å²) >= 11 is 0. The first-order chi connectivity index (χ1) is 11.4. The number of nitrogens with one attached hydrogen (secondary N) is 1. The Morgan fingerprint density at radius 3 is 2.24 bits per heavy atom. The molecular weight excluding hydrogens is 338 g/mol. The molecule has 0 atom stereocenters. The molecule has 2 rings (SSSR count). The highest BCUT2D eigenvalue weighted by Crippen LogP contribution is 2.19. The average molecular weight is 362 g/mol. The Kier molecular flexibility index (Phi) is 7.45. The zero-order valence-corrected chi connectivity index (χ0v) is 15.5. The molecule has 0 aliphatic heterocycles. The number of anilines is 2. The quantitative estimate of drug-likeness (QED) is 0.801. The Bertz CT molecular complexity index is 742. The average Bonchev–Trinajstić information content (AvgIpc) is 2.55. The van der Waals surface area contributed by atoms with Gasteiger partial charge in [-0.2, -0.15) is 0 Å². The van der Waals surface area contributed by atoms with Crippen LogP contribution in [0.25, 0.3) is 0 Å². The molecule has 0 unspecified atom stereocenters. The van der Waals surface area contributed by atoms with Gasteiger partial charge in [-0.05, 0) is 50.1 Å². The highest BCUT2D eigenvalue weighted by atomic mass is 35.5. The number of para-hydroxylation sites is 1. The third-order valence-corrected chi connectivity index (χ3v) is 3.88. The van der Waals surface area contributed by atoms with Crippen LogP contribution >= 0.6 is 12.4 Å². The van der Waals surface area contributed by atoms with E-state index in [1.807, 2.05) is 39.0 Å². The Balaban J connectivity index is 0.00000312. The van der Waals surface area contributed by atoms with Crippen LogP contribution in [0.5, 0.6) is 0 Å². The van der Waals surface area contributed by atoms with Gasteiger partial charge in [0.15, 0.2) is 0 Å². The molecule has 0 heterocycles. The second-order valence-corrected chi connectivity index (χ2v) is 5.76. The van der Waals surface area contributed by atoms with Gasteiger partial charge in [0, 0.05) is 23.5 Å². The third kappa shape index (κ3) is 5.22. The highest BCUT2D eigenvalue weighted by Gasteiger charge is 2.18. The van der Waals surface area contributed by atoms with Gasteiger partial charge in [0.2, 0.25) is 5.91 Å². The number of rotatable bonds is 5. The van der Waals surface area contributed by atoms with Crippen LogP contribution in [0.2, 0.25) is 0 Å². The molecule has 0 saturated heterocycles. The van der Waals surface area contributed by atoms with E-state index in [9.17, 15) is 9.59 Å². The van der Waals surface area contributed by atoms with Gasteiger partial charge in [-0.3, -0.25) is 9.59 Å². The van der Waals surface area contributed by atoms with E-state index in [0.29, 0.717) is 17.8 Å². The molecule has 25 heavy (non-hydrogen) atoms. The lowest BCUT2D eigenvalue weighted by atomic mass is 10.1. The van der Waals surface area contributed by atoms with Gasteiger partial charge in [0.05, 0.1) is 0 Å². The summed E-state index contributed by atoms with van der Waals surface area (Å²) < 4.78 is 0. The standard InChI is InChI=1S/C19H23N3O2.ClH/c1-4-22(19(24)15-9-6-10-16(20)11-15)12-17(23)21-18-13(2)7-5-8-14(18)3;/h5-11H,4,12,20H2,1-3H3,(H,21,23);1H. The van der Waals surface area contributed by atoms with E-state index >= 15 is 0 Å². The fourth-order valence-corrected chi connectivity index (χ4v) is 2.55. The van der Waals surface area contributed by atoms with Crippen LogP contribution < -0.4 is 11.1 Å². The van der Waals surface area contributed by atoms with Gasteiger partial charge in [0.1, 0.15) is 6.54 Å². The maximum absolute atomic E-state index is 12.5. The molecule has 0 aliphatic rings. The number of carbonyl (C=O) groups excluding carboxylic acids is 2. The van der Waals surface area contributed by atoms with Crippen LogP contribution in [-0.4, -0.2) is 29.8 Å². The first-order valence-corrected chi connectivity index (χ1v) is 7.93. The predicted molar refractivity (Wildman–Crippen MR) is 104 cm³/mol. The minimum atomic E-state index is -0.216. The summed E-state index contributed by atoms with van der Waals surface area (Å²) in [6.45, 7) is 6.17. The second-order valence-electron chi connectivity index (χ2n) is 5.76. The third-order valence-electron chi connectivity index (χ3n) is 3.88. The molecule has 0 aliphatic carbocycles. The molecule has 0 bridgehead atoms. The second kappa shape index (κ2) is 9.08. The van der Waals surface area contributed by atoms with Gasteiger partial charge in [0.25, 0.3) is 5.91 Å². The van der Waals surface area contributed by atoms with E-state index < -0.39 is 0 Å². The molecule has 2 aromatic carbocycles. The van der Waals surface area contributed by atoms with Crippen LogP contribution in [0.1, 0.15) is 28.4 Å². The summed E-state index contributed by atoms with van der Waals surface area (Å²) in [7, 11) is 0. The van der Waals surface area contributed by atoms with E-state index in [1.54, 1.807) is 24.3 Å². The summed E-state index contributed by atoms with van der Waals surface area (Å²) in [5.74, 6) is -0.423. The predicted octanol–water partition coefficient (Wildman–Crippen LogP) is 3.41. The van der Waals surface area contributed by atoms with Crippen molar-refractivity contribution < 1.29 is 9.59 Å². The molecule has 0 saturated carbocycles. The molecule has 0 fully saturated rings. The summed E-state index contributed by atoms with van der Waals surface area (Å²) in [6.07, 6.45) is 0. The van der Waals surface area contributed by atoms with E-state index in [2.05, 4.69) is 5.32 Å². The summed E-state index contributed by atoms with van der Waals surface area (Å²) in [4.78, 5) is 26.4. The van der Waals surface area contributed by atoms with Gasteiger partial charge >= 0.3 is 0 Å². The molecule has 134 valence electrons. The van der Waals surface area contributed by atoms with Crippen molar-refractivity contribution in [2.45, 2.75) is 20.8 Å². The summed E-state index contributed by atoms with van der Waals surface area (Å²) in [5, 5.41) is 2.90. The number of hydrogen-bond donors (Lipinski definition) is 2. The largest absolute Gasteiger partial charge is 0.399 e. The Morgan fingerprint density at radius 1 is 1.08 bits per heavy atom. The van der Waals surface area contributed by atoms with Crippen molar-refractivity contribution in [3.05, 3.63) is 59.2 Å². The molecular formula is C19H24ClN3O2. The van der Waals surface area contributed by atoms with Crippen molar-refractivity contribution >= 4 is 35.6 Å². The first-order valence-electron chi connectivity index (χ1n) is 7.93. The Hall–Kier alpha value is -2.53. The first kappa shape index (κ1) is 20.5. The molecule has 0 aromatic heterocycles. The number of amides is 2. The van der Waals surface area contributed by atoms with Crippen molar-refractivity contribution in [3.63, 3.8) is 0 Å². The van der Waals surface area contributed by atoms with Crippen molar-refractivity contribution in [1.82, 2.24) is 4.90 Å². The number of aryl methyl sites for hydroxylation is 2. The fourth-order valence-electron chi connectivity index (χ4n) is 2.55. The van der Waals surface area contributed by atoms with E-state index in [0.717, 1.165) is 16.8 Å². The normalized spacial score (nSPS) is 9.88. The van der Waals surface area contributed by atoms with Crippen LogP contribution in [0, 0.1) is 13.8 Å². The number of halogens is 1. The van der Waals surface area contributed by atoms with Crippen molar-refractivity contribution in [3.8, 4) is 0 Å². The molecule has 5 nitrogen and oxygen atoms in total. The number of nitrogens with two attached hydrogens (primary N) is 1. The fraction of sp³-hybridized carbons (Fsp3) is 0.263. The monoisotopic (exact) mass is 361 g/mol. The number of nitrogen functional groups attached to an aromatic ring is 1. The van der Waals surface area contributed by atoms with Gasteiger partial charge in [-0.1, -0.05) is 24.3 Å². The van der Waals surface area contributed by atoms with Crippen LogP contribution in [-0.2, 0) is 4.79 Å². The molecule has 0 radical (unpaired) electrons. The van der Waals surface area contributed by atoms with Gasteiger partial charge < -0.3 is 16.0 Å². The number of nitrogens with zero attached hydrogens (tertiary/aromatic N) is 1. The van der Waals surface area contributed by atoms with E-state index in [1.165, 1.54) is 4.90 Å². The lowest BCUT2D eigenvalue weighted by molar-refractivity contribution is -0.116. The van der Waals surface area contributed by atoms with Crippen LogP contribution in [0.3, 0.4) is 0 Å². The van der Waals surface area contributed by atoms with Crippen molar-refractivity contribution in [1.29, 1.82) is 0 Å². The van der Waals surface area contributed by atoms with E-state index in [4.69, 9.17) is 5.73 Å². The Labute approximate surface area is 154 Å². The summed E-state index contributed by atoms with van der Waals surface area (Å²) in [5.41, 5.74) is 9.52. The van der Waals surface area contributed by atoms with Crippen molar-refractivity contribution in [2.75, 3.05) is 24.1 Å². The van der Waals surface area contributed by atoms with E-state index in [-0.39, 0.29) is 30.8 Å². The molecule has 3 N–H and O–H groups in total. The smallest absolute Gasteiger partial charge is 0.254 e. The molecule has 0 spiro atoms. The SMILES string of the molecule is CCN(CC(=O)Nc1c(C)cccc1C)C(=O)c1cccc(N)c1.Cl. The molecule has 2 aromatic rings. The zero-order chi connectivity index (χ0) is 17.7. The topological polar surface area (TPSA) is 75.4 Å². The maximum Gasteiger partial charge on any atom is 0.254 e. The number of hydrogen-bond acceptors (Lipinski definition) is 3. The lowest BCUT2D eigenvalue weighted by Crippen LogP contribution is -2.38. The van der Waals surface area contributed by atoms with Gasteiger partial charge in [-0.15, -0.1) is 12.4 Å². The Morgan fingerprint density at radius 2 is 1.68 bits per heavy atom. The minimum absolute atomic E-state index is 0. The summed E-state index contributed by atoms with van der Waals surface area (Å²) in [6, 6.07) is 12.6. The minimum Gasteiger partial charge on any atom is -0.399 e. The lowest BCUT2D eigenvalue weighted by Gasteiger charge is -2.21. The van der Waals surface area contributed by atoms with Crippen LogP contribution in [0.15, 0.2) is 42.5 Å². The number of carbonyl (C=O) groups is 2. The maximum atomic E-state index is 12.5. The zero-order valence-electron chi connectivity index (χ0n) is 14.7. The van der Waals surface area contributed by atoms with Gasteiger partial charge in [-0.25, -0.2) is 0 Å². The highest BCUT2D eigenvalue weighted by molar-refractivity contribution is 6.00. The molecule has 2 amide bonds. The number of benzene rings is 2. The van der Waals surface area contributed by atoms with Crippen LogP contribution in [0.4, 0.5) is 11.4 Å².